The summed E-state index contributed by atoms with van der Waals surface area (Å²) < 4.78 is 11.1. The van der Waals surface area contributed by atoms with Crippen LogP contribution in [-0.4, -0.2) is 34.0 Å². The first-order chi connectivity index (χ1) is 8.04. The third kappa shape index (κ3) is 2.95. The van der Waals surface area contributed by atoms with E-state index in [1.807, 2.05) is 0 Å². The summed E-state index contributed by atoms with van der Waals surface area (Å²) in [5.74, 6) is -0.178. The largest absolute Gasteiger partial charge is 0.469 e. The van der Waals surface area contributed by atoms with Crippen LogP contribution in [0, 0.1) is 5.41 Å². The summed E-state index contributed by atoms with van der Waals surface area (Å²) in [4.78, 5) is 11.9. The van der Waals surface area contributed by atoms with E-state index in [4.69, 9.17) is 14.9 Å². The standard InChI is InChI=1S/C13H27NO3Si/c1-12(2,3)18(5,6)17-9-13(11(15)16-4)7-10(14)8-13/h10H,7-9,14H2,1-6H3/t10-,13-. The van der Waals surface area contributed by atoms with Crippen LogP contribution in [0.5, 0.6) is 0 Å². The minimum absolute atomic E-state index is 0.104. The molecule has 0 atom stereocenters. The van der Waals surface area contributed by atoms with Gasteiger partial charge in [-0.3, -0.25) is 4.79 Å². The highest BCUT2D eigenvalue weighted by molar-refractivity contribution is 6.74. The first-order valence-electron chi connectivity index (χ1n) is 6.52. The van der Waals surface area contributed by atoms with E-state index in [1.54, 1.807) is 0 Å². The number of hydrogen-bond donors (Lipinski definition) is 1. The molecule has 1 aliphatic rings. The van der Waals surface area contributed by atoms with E-state index in [9.17, 15) is 4.79 Å². The van der Waals surface area contributed by atoms with Crippen molar-refractivity contribution in [3.8, 4) is 0 Å². The van der Waals surface area contributed by atoms with Crippen molar-refractivity contribution in [3.63, 3.8) is 0 Å². The number of carbonyl (C=O) groups excluding carboxylic acids is 1. The Labute approximate surface area is 111 Å². The van der Waals surface area contributed by atoms with Crippen molar-refractivity contribution < 1.29 is 14.0 Å². The Bertz CT molecular complexity index is 317. The first-order valence-corrected chi connectivity index (χ1v) is 9.43. The van der Waals surface area contributed by atoms with E-state index < -0.39 is 13.7 Å². The van der Waals surface area contributed by atoms with E-state index in [0.717, 1.165) is 0 Å². The van der Waals surface area contributed by atoms with Gasteiger partial charge >= 0.3 is 5.97 Å². The number of nitrogens with two attached hydrogens (primary N) is 1. The fourth-order valence-corrected chi connectivity index (χ4v) is 3.11. The fraction of sp³-hybridized carbons (Fsp3) is 0.923. The molecule has 0 aromatic heterocycles. The number of esters is 1. The molecule has 0 aliphatic heterocycles. The molecule has 18 heavy (non-hydrogen) atoms. The smallest absolute Gasteiger partial charge is 0.314 e. The molecule has 0 unspecified atom stereocenters. The molecular weight excluding hydrogens is 246 g/mol. The van der Waals surface area contributed by atoms with Gasteiger partial charge in [0.1, 0.15) is 0 Å². The molecule has 0 bridgehead atoms. The molecule has 0 amide bonds. The van der Waals surface area contributed by atoms with Crippen molar-refractivity contribution in [2.45, 2.75) is 57.8 Å². The Balaban J connectivity index is 2.68. The topological polar surface area (TPSA) is 61.5 Å². The third-order valence-electron chi connectivity index (χ3n) is 4.44. The van der Waals surface area contributed by atoms with Crippen LogP contribution in [0.25, 0.3) is 0 Å². The average Bonchev–Trinajstić information content (AvgIpc) is 2.19. The summed E-state index contributed by atoms with van der Waals surface area (Å²) in [7, 11) is -0.395. The predicted octanol–water partition coefficient (Wildman–Crippen LogP) is 2.29. The molecule has 1 saturated carbocycles. The van der Waals surface area contributed by atoms with Crippen molar-refractivity contribution >= 4 is 14.3 Å². The molecular formula is C13H27NO3Si. The van der Waals surface area contributed by atoms with Gasteiger partial charge in [-0.2, -0.15) is 0 Å². The van der Waals surface area contributed by atoms with Gasteiger partial charge in [0.2, 0.25) is 0 Å². The van der Waals surface area contributed by atoms with Gasteiger partial charge in [-0.25, -0.2) is 0 Å². The minimum atomic E-state index is -1.83. The lowest BCUT2D eigenvalue weighted by Gasteiger charge is -2.46. The second kappa shape index (κ2) is 4.94. The summed E-state index contributed by atoms with van der Waals surface area (Å²) in [6.45, 7) is 11.4. The van der Waals surface area contributed by atoms with Crippen LogP contribution in [0.2, 0.25) is 18.1 Å². The number of methoxy groups -OCH3 is 1. The molecule has 0 aromatic carbocycles. The molecule has 0 spiro atoms. The van der Waals surface area contributed by atoms with E-state index in [-0.39, 0.29) is 17.0 Å². The van der Waals surface area contributed by atoms with Crippen LogP contribution in [-0.2, 0) is 14.0 Å². The molecule has 0 radical (unpaired) electrons. The molecule has 106 valence electrons. The fourth-order valence-electron chi connectivity index (χ4n) is 2.04. The number of rotatable bonds is 4. The Kier molecular flexibility index (Phi) is 4.30. The molecule has 5 heteroatoms. The van der Waals surface area contributed by atoms with Gasteiger partial charge in [0, 0.05) is 6.04 Å². The average molecular weight is 273 g/mol. The quantitative estimate of drug-likeness (QED) is 0.630. The van der Waals surface area contributed by atoms with Crippen LogP contribution in [0.3, 0.4) is 0 Å². The van der Waals surface area contributed by atoms with Gasteiger partial charge in [0.25, 0.3) is 0 Å². The summed E-state index contributed by atoms with van der Waals surface area (Å²) >= 11 is 0. The summed E-state index contributed by atoms with van der Waals surface area (Å²) in [5, 5.41) is 0.149. The lowest BCUT2D eigenvalue weighted by molar-refractivity contribution is -0.162. The maximum absolute atomic E-state index is 11.9. The number of carbonyl (C=O) groups is 1. The van der Waals surface area contributed by atoms with Gasteiger partial charge < -0.3 is 14.9 Å². The highest BCUT2D eigenvalue weighted by Crippen LogP contribution is 2.44. The normalized spacial score (nSPS) is 28.7. The van der Waals surface area contributed by atoms with Crippen LogP contribution < -0.4 is 5.73 Å². The van der Waals surface area contributed by atoms with Gasteiger partial charge in [0.05, 0.1) is 19.1 Å². The Morgan fingerprint density at radius 3 is 2.22 bits per heavy atom. The van der Waals surface area contributed by atoms with E-state index in [2.05, 4.69) is 33.9 Å². The molecule has 1 aliphatic carbocycles. The lowest BCUT2D eigenvalue weighted by Crippen LogP contribution is -2.56. The summed E-state index contributed by atoms with van der Waals surface area (Å²) in [6, 6.07) is 0.104. The molecule has 4 nitrogen and oxygen atoms in total. The predicted molar refractivity (Wildman–Crippen MR) is 74.8 cm³/mol. The van der Waals surface area contributed by atoms with Crippen molar-refractivity contribution in [2.24, 2.45) is 11.1 Å². The van der Waals surface area contributed by atoms with E-state index in [0.29, 0.717) is 19.4 Å². The summed E-state index contributed by atoms with van der Waals surface area (Å²) in [5.41, 5.74) is 5.32. The lowest BCUT2D eigenvalue weighted by atomic mass is 9.66. The monoisotopic (exact) mass is 273 g/mol. The summed E-state index contributed by atoms with van der Waals surface area (Å²) in [6.07, 6.45) is 1.35. The van der Waals surface area contributed by atoms with Crippen molar-refractivity contribution in [3.05, 3.63) is 0 Å². The highest BCUT2D eigenvalue weighted by atomic mass is 28.4. The molecule has 2 N–H and O–H groups in total. The van der Waals surface area contributed by atoms with Gasteiger partial charge in [-0.1, -0.05) is 20.8 Å². The van der Waals surface area contributed by atoms with Gasteiger partial charge in [-0.15, -0.1) is 0 Å². The molecule has 1 fully saturated rings. The Hall–Kier alpha value is -0.393. The first kappa shape index (κ1) is 15.7. The number of ether oxygens (including phenoxy) is 1. The molecule has 0 heterocycles. The van der Waals surface area contributed by atoms with Crippen molar-refractivity contribution in [1.82, 2.24) is 0 Å². The van der Waals surface area contributed by atoms with Gasteiger partial charge in [-0.05, 0) is 31.0 Å². The zero-order chi connectivity index (χ0) is 14.2. The van der Waals surface area contributed by atoms with Crippen molar-refractivity contribution in [1.29, 1.82) is 0 Å². The Morgan fingerprint density at radius 2 is 1.89 bits per heavy atom. The third-order valence-corrected chi connectivity index (χ3v) is 8.92. The second-order valence-corrected chi connectivity index (χ2v) is 11.8. The minimum Gasteiger partial charge on any atom is -0.469 e. The van der Waals surface area contributed by atoms with Gasteiger partial charge in [0.15, 0.2) is 8.32 Å². The maximum Gasteiger partial charge on any atom is 0.314 e. The zero-order valence-electron chi connectivity index (χ0n) is 12.5. The Morgan fingerprint density at radius 1 is 1.39 bits per heavy atom. The van der Waals surface area contributed by atoms with Crippen LogP contribution in [0.4, 0.5) is 0 Å². The van der Waals surface area contributed by atoms with E-state index in [1.165, 1.54) is 7.11 Å². The van der Waals surface area contributed by atoms with E-state index >= 15 is 0 Å². The zero-order valence-corrected chi connectivity index (χ0v) is 13.5. The van der Waals surface area contributed by atoms with Crippen LogP contribution in [0.15, 0.2) is 0 Å². The second-order valence-electron chi connectivity index (χ2n) is 6.99. The molecule has 1 rings (SSSR count). The SMILES string of the molecule is COC(=O)[C@]1(CO[Si](C)(C)C(C)(C)C)C[C@@H](N)C1. The highest BCUT2D eigenvalue weighted by Gasteiger charge is 2.51. The van der Waals surface area contributed by atoms with Crippen LogP contribution in [0.1, 0.15) is 33.6 Å². The molecule has 0 saturated heterocycles. The maximum atomic E-state index is 11.9. The van der Waals surface area contributed by atoms with Crippen LogP contribution >= 0.6 is 0 Å². The van der Waals surface area contributed by atoms with Crippen molar-refractivity contribution in [2.75, 3.05) is 13.7 Å². The number of hydrogen-bond acceptors (Lipinski definition) is 4. The molecule has 0 aromatic rings.